The first-order chi connectivity index (χ1) is 15.0. The molecule has 1 saturated heterocycles. The molecule has 0 radical (unpaired) electrons. The molecule has 2 heterocycles. The number of amides is 3. The van der Waals surface area contributed by atoms with Crippen molar-refractivity contribution in [2.24, 2.45) is 0 Å². The van der Waals surface area contributed by atoms with Gasteiger partial charge in [-0.2, -0.15) is 0 Å². The number of ether oxygens (including phenoxy) is 3. The minimum atomic E-state index is -0.688. The predicted octanol–water partition coefficient (Wildman–Crippen LogP) is 1.45. The molecule has 2 aliphatic heterocycles. The van der Waals surface area contributed by atoms with Gasteiger partial charge in [0.2, 0.25) is 11.8 Å². The number of benzene rings is 2. The van der Waals surface area contributed by atoms with Crippen molar-refractivity contribution in [2.45, 2.75) is 18.9 Å². The van der Waals surface area contributed by atoms with Gasteiger partial charge in [0.15, 0.2) is 18.1 Å². The van der Waals surface area contributed by atoms with E-state index in [0.29, 0.717) is 23.8 Å². The maximum absolute atomic E-state index is 12.2. The van der Waals surface area contributed by atoms with E-state index in [1.807, 2.05) is 12.1 Å². The fourth-order valence-electron chi connectivity index (χ4n) is 3.27. The van der Waals surface area contributed by atoms with Gasteiger partial charge in [0, 0.05) is 12.8 Å². The normalized spacial score (nSPS) is 17.4. The molecule has 2 aliphatic rings. The quantitative estimate of drug-likeness (QED) is 0.552. The molecule has 4 rings (SSSR count). The van der Waals surface area contributed by atoms with E-state index in [9.17, 15) is 19.2 Å². The summed E-state index contributed by atoms with van der Waals surface area (Å²) in [4.78, 5) is 48.8. The molecule has 9 heteroatoms. The average molecular weight is 424 g/mol. The molecule has 2 aromatic rings. The summed E-state index contributed by atoms with van der Waals surface area (Å²) in [6.07, 6.45) is 0.0166. The van der Waals surface area contributed by atoms with Crippen LogP contribution in [0, 0.1) is 0 Å². The fourth-order valence-corrected chi connectivity index (χ4v) is 3.27. The van der Waals surface area contributed by atoms with Crippen LogP contribution in [0.2, 0.25) is 0 Å². The lowest BCUT2D eigenvalue weighted by Gasteiger charge is -2.26. The Morgan fingerprint density at radius 1 is 1.00 bits per heavy atom. The summed E-state index contributed by atoms with van der Waals surface area (Å²) in [6.45, 7) is 0.0522. The summed E-state index contributed by atoms with van der Waals surface area (Å²) >= 11 is 0. The van der Waals surface area contributed by atoms with Crippen LogP contribution in [0.3, 0.4) is 0 Å². The highest BCUT2D eigenvalue weighted by atomic mass is 16.6. The highest BCUT2D eigenvalue weighted by Crippen LogP contribution is 2.30. The van der Waals surface area contributed by atoms with Crippen LogP contribution < -0.4 is 19.7 Å². The molecule has 0 aliphatic carbocycles. The molecule has 31 heavy (non-hydrogen) atoms. The third-order valence-electron chi connectivity index (χ3n) is 4.84. The maximum atomic E-state index is 12.2. The van der Waals surface area contributed by atoms with Gasteiger partial charge >= 0.3 is 5.97 Å². The van der Waals surface area contributed by atoms with Crippen molar-refractivity contribution in [1.29, 1.82) is 0 Å². The Hall–Kier alpha value is -3.88. The topological polar surface area (TPSA) is 111 Å². The second-order valence-corrected chi connectivity index (χ2v) is 7.05. The molecule has 0 spiro atoms. The molecule has 1 fully saturated rings. The van der Waals surface area contributed by atoms with E-state index in [-0.39, 0.29) is 42.9 Å². The van der Waals surface area contributed by atoms with Crippen LogP contribution in [-0.2, 0) is 19.1 Å². The maximum Gasteiger partial charge on any atom is 0.338 e. The van der Waals surface area contributed by atoms with E-state index in [1.165, 1.54) is 24.3 Å². The number of anilines is 1. The Bertz CT molecular complexity index is 1000. The van der Waals surface area contributed by atoms with Gasteiger partial charge < -0.3 is 19.5 Å². The highest BCUT2D eigenvalue weighted by molar-refractivity contribution is 6.19. The number of imide groups is 1. The van der Waals surface area contributed by atoms with Crippen LogP contribution in [0.5, 0.6) is 11.5 Å². The lowest BCUT2D eigenvalue weighted by molar-refractivity contribution is -0.125. The first kappa shape index (κ1) is 20.4. The zero-order chi connectivity index (χ0) is 21.8. The van der Waals surface area contributed by atoms with E-state index >= 15 is 0 Å². The fraction of sp³-hybridized carbons (Fsp3) is 0.273. The molecule has 1 atom stereocenters. The second-order valence-electron chi connectivity index (χ2n) is 7.05. The van der Waals surface area contributed by atoms with E-state index in [0.717, 1.165) is 4.90 Å². The zero-order valence-corrected chi connectivity index (χ0v) is 16.5. The second kappa shape index (κ2) is 8.86. The lowest BCUT2D eigenvalue weighted by Crippen LogP contribution is -2.42. The molecular weight excluding hydrogens is 404 g/mol. The number of para-hydroxylation sites is 2. The summed E-state index contributed by atoms with van der Waals surface area (Å²) in [5.74, 6) is -0.433. The summed E-state index contributed by atoms with van der Waals surface area (Å²) in [5.41, 5.74) is 0.606. The zero-order valence-electron chi connectivity index (χ0n) is 16.5. The first-order valence-corrected chi connectivity index (χ1v) is 9.79. The third-order valence-corrected chi connectivity index (χ3v) is 4.84. The standard InChI is InChI=1S/C22H20N2O7/c25-19(23-11-16-12-29-17-3-1-2-4-18(17)31-16)13-30-22(28)14-5-7-15(8-6-14)24-20(26)9-10-21(24)27/h1-8,16H,9-13H2,(H,23,25). The molecule has 1 unspecified atom stereocenters. The number of carbonyl (C=O) groups is 4. The summed E-state index contributed by atoms with van der Waals surface area (Å²) in [5, 5.41) is 2.64. The number of hydrogen-bond donors (Lipinski definition) is 1. The van der Waals surface area contributed by atoms with E-state index in [4.69, 9.17) is 14.2 Å². The van der Waals surface area contributed by atoms with Gasteiger partial charge in [0.25, 0.3) is 5.91 Å². The van der Waals surface area contributed by atoms with Crippen molar-refractivity contribution >= 4 is 29.4 Å². The highest BCUT2D eigenvalue weighted by Gasteiger charge is 2.30. The van der Waals surface area contributed by atoms with Gasteiger partial charge in [0.05, 0.1) is 17.8 Å². The number of hydrogen-bond acceptors (Lipinski definition) is 7. The molecule has 3 amide bonds. The van der Waals surface area contributed by atoms with Crippen LogP contribution in [0.15, 0.2) is 48.5 Å². The lowest BCUT2D eigenvalue weighted by atomic mass is 10.2. The molecule has 9 nitrogen and oxygen atoms in total. The number of fused-ring (bicyclic) bond motifs is 1. The Labute approximate surface area is 177 Å². The van der Waals surface area contributed by atoms with Crippen molar-refractivity contribution in [3.05, 3.63) is 54.1 Å². The van der Waals surface area contributed by atoms with Crippen molar-refractivity contribution in [2.75, 3.05) is 24.7 Å². The number of nitrogens with zero attached hydrogens (tertiary/aromatic N) is 1. The number of nitrogens with one attached hydrogen (secondary N) is 1. The average Bonchev–Trinajstić information content (AvgIpc) is 3.13. The minimum absolute atomic E-state index is 0.183. The van der Waals surface area contributed by atoms with Gasteiger partial charge in [-0.25, -0.2) is 4.79 Å². The number of carbonyl (C=O) groups excluding carboxylic acids is 4. The Balaban J connectivity index is 1.23. The van der Waals surface area contributed by atoms with Crippen molar-refractivity contribution < 1.29 is 33.4 Å². The smallest absolute Gasteiger partial charge is 0.338 e. The molecule has 0 bridgehead atoms. The van der Waals surface area contributed by atoms with Crippen molar-refractivity contribution in [3.8, 4) is 11.5 Å². The first-order valence-electron chi connectivity index (χ1n) is 9.79. The monoisotopic (exact) mass is 424 g/mol. The molecule has 160 valence electrons. The van der Waals surface area contributed by atoms with Crippen LogP contribution in [0.4, 0.5) is 5.69 Å². The molecule has 0 aromatic heterocycles. The van der Waals surface area contributed by atoms with Gasteiger partial charge in [-0.1, -0.05) is 12.1 Å². The Morgan fingerprint density at radius 3 is 2.39 bits per heavy atom. The van der Waals surface area contributed by atoms with Gasteiger partial charge in [-0.15, -0.1) is 0 Å². The van der Waals surface area contributed by atoms with Gasteiger partial charge in [-0.05, 0) is 36.4 Å². The van der Waals surface area contributed by atoms with Crippen LogP contribution in [0.25, 0.3) is 0 Å². The van der Waals surface area contributed by atoms with E-state index in [2.05, 4.69) is 5.32 Å². The minimum Gasteiger partial charge on any atom is -0.486 e. The summed E-state index contributed by atoms with van der Waals surface area (Å²) in [6, 6.07) is 13.1. The summed E-state index contributed by atoms with van der Waals surface area (Å²) < 4.78 is 16.3. The number of esters is 1. The molecular formula is C22H20N2O7. The molecule has 2 aromatic carbocycles. The third kappa shape index (κ3) is 4.66. The number of rotatable bonds is 6. The molecule has 0 saturated carbocycles. The van der Waals surface area contributed by atoms with E-state index < -0.39 is 18.5 Å². The van der Waals surface area contributed by atoms with Crippen LogP contribution >= 0.6 is 0 Å². The Morgan fingerprint density at radius 2 is 1.68 bits per heavy atom. The SMILES string of the molecule is O=C(COC(=O)c1ccc(N2C(=O)CCC2=O)cc1)NCC1COc2ccccc2O1. The van der Waals surface area contributed by atoms with Crippen molar-refractivity contribution in [3.63, 3.8) is 0 Å². The Kier molecular flexibility index (Phi) is 5.83. The predicted molar refractivity (Wildman–Crippen MR) is 108 cm³/mol. The van der Waals surface area contributed by atoms with Crippen LogP contribution in [-0.4, -0.2) is 49.6 Å². The van der Waals surface area contributed by atoms with E-state index in [1.54, 1.807) is 12.1 Å². The van der Waals surface area contributed by atoms with Gasteiger partial charge in [0.1, 0.15) is 12.7 Å². The summed E-state index contributed by atoms with van der Waals surface area (Å²) in [7, 11) is 0. The molecule has 1 N–H and O–H groups in total. The van der Waals surface area contributed by atoms with Gasteiger partial charge in [-0.3, -0.25) is 19.3 Å². The largest absolute Gasteiger partial charge is 0.486 e. The van der Waals surface area contributed by atoms with Crippen LogP contribution in [0.1, 0.15) is 23.2 Å². The van der Waals surface area contributed by atoms with Crippen molar-refractivity contribution in [1.82, 2.24) is 5.32 Å².